The van der Waals surface area contributed by atoms with Crippen LogP contribution in [0.25, 0.3) is 22.5 Å². The fourth-order valence-electron chi connectivity index (χ4n) is 5.45. The molecule has 2 aromatic heterocycles. The van der Waals surface area contributed by atoms with Crippen LogP contribution < -0.4 is 34.2 Å². The Morgan fingerprint density at radius 3 is 1.58 bits per heavy atom. The summed E-state index contributed by atoms with van der Waals surface area (Å²) in [7, 11) is 0. The molecule has 4 aromatic carbocycles. The second-order valence-corrected chi connectivity index (χ2v) is 17.2. The maximum absolute atomic E-state index is 10.6. The summed E-state index contributed by atoms with van der Waals surface area (Å²) in [5, 5.41) is 29.5. The molecular weight excluding hydrogens is 873 g/mol. The zero-order valence-corrected chi connectivity index (χ0v) is 37.2. The SMILES string of the molecule is CC(C)Cc1sc(Nc2ccc(O)c(COC=O)c2)nc1-c1ccc(Cl)c(Cl)c1.CC(C)Cc1sc(Nc2ccc(O)c(OC=O)c2)nc1-c1ccc(Cl)c(Cl)c1.[Li+].[OH-]. The van der Waals surface area contributed by atoms with E-state index in [4.69, 9.17) is 65.8 Å². The van der Waals surface area contributed by atoms with E-state index in [1.165, 1.54) is 23.5 Å². The van der Waals surface area contributed by atoms with Gasteiger partial charge in [-0.2, -0.15) is 0 Å². The number of rotatable bonds is 15. The van der Waals surface area contributed by atoms with Crippen LogP contribution in [-0.2, 0) is 33.8 Å². The van der Waals surface area contributed by atoms with Gasteiger partial charge in [0.05, 0.1) is 31.5 Å². The number of carbonyl (C=O) groups excluding carboxylic acids is 2. The molecule has 0 spiro atoms. The molecular formula is C41H39Cl4LiN4O7S2. The van der Waals surface area contributed by atoms with E-state index in [1.54, 1.807) is 47.7 Å². The minimum atomic E-state index is -0.117. The molecule has 306 valence electrons. The standard InChI is InChI=1S/C21H20Cl2N2O3S.C20H18Cl2N2O3S.Li.H2O/c1-12(2)7-19-20(13-3-5-16(22)17(23)9-13)25-21(29-19)24-15-4-6-18(27)14(8-15)10-28-11-26;1-11(2)7-18-19(12-3-5-14(21)15(22)8-12)24-20(28-18)23-13-4-6-16(26)17(9-13)27-10-25;;/h3-6,8-9,11-12,27H,7,10H2,1-2H3,(H,24,25);3-6,8-11,26H,7H2,1-2H3,(H,23,24);;1H2/q;;+1;/p-1. The van der Waals surface area contributed by atoms with Gasteiger partial charge in [-0.15, -0.1) is 22.7 Å². The van der Waals surface area contributed by atoms with Crippen LogP contribution in [0.3, 0.4) is 0 Å². The molecule has 6 rings (SSSR count). The third-order valence-corrected chi connectivity index (χ3v) is 11.5. The van der Waals surface area contributed by atoms with Gasteiger partial charge in [-0.3, -0.25) is 9.59 Å². The molecule has 59 heavy (non-hydrogen) atoms. The smallest absolute Gasteiger partial charge is 0.870 e. The van der Waals surface area contributed by atoms with Gasteiger partial charge in [-0.05, 0) is 79.3 Å². The molecule has 6 aromatic rings. The van der Waals surface area contributed by atoms with Gasteiger partial charge in [-0.1, -0.05) is 86.2 Å². The number of ether oxygens (including phenoxy) is 2. The Balaban J connectivity index is 0.000000305. The molecule has 0 saturated heterocycles. The van der Waals surface area contributed by atoms with Crippen LogP contribution in [0, 0.1) is 11.8 Å². The van der Waals surface area contributed by atoms with Crippen molar-refractivity contribution in [3.8, 4) is 39.8 Å². The second kappa shape index (κ2) is 23.1. The van der Waals surface area contributed by atoms with Crippen molar-refractivity contribution in [1.29, 1.82) is 0 Å². The Morgan fingerprint density at radius 1 is 0.661 bits per heavy atom. The van der Waals surface area contributed by atoms with Gasteiger partial charge in [0.1, 0.15) is 12.4 Å². The Hall–Kier alpha value is -4.00. The molecule has 0 aliphatic heterocycles. The van der Waals surface area contributed by atoms with Crippen LogP contribution in [0.1, 0.15) is 43.0 Å². The van der Waals surface area contributed by atoms with Crippen molar-refractivity contribution >= 4 is 104 Å². The summed E-state index contributed by atoms with van der Waals surface area (Å²) in [4.78, 5) is 32.8. The van der Waals surface area contributed by atoms with E-state index >= 15 is 0 Å². The number of aromatic hydroxyl groups is 2. The molecule has 0 bridgehead atoms. The zero-order chi connectivity index (χ0) is 41.2. The minimum Gasteiger partial charge on any atom is -0.870 e. The molecule has 0 saturated carbocycles. The van der Waals surface area contributed by atoms with Gasteiger partial charge in [-0.25, -0.2) is 9.97 Å². The van der Waals surface area contributed by atoms with E-state index < -0.39 is 0 Å². The number of phenolic OH excluding ortho intramolecular Hbond substituents is 2. The Kier molecular flexibility index (Phi) is 19.3. The third kappa shape index (κ3) is 13.8. The normalized spacial score (nSPS) is 10.5. The topological polar surface area (TPSA) is 173 Å². The van der Waals surface area contributed by atoms with Crippen LogP contribution >= 0.6 is 69.1 Å². The summed E-state index contributed by atoms with van der Waals surface area (Å²) in [6.45, 7) is 9.22. The average Bonchev–Trinajstić information content (AvgIpc) is 3.74. The molecule has 0 radical (unpaired) electrons. The van der Waals surface area contributed by atoms with Crippen molar-refractivity contribution in [2.75, 3.05) is 10.6 Å². The Bertz CT molecular complexity index is 2360. The molecule has 5 N–H and O–H groups in total. The summed E-state index contributed by atoms with van der Waals surface area (Å²) in [6.07, 6.45) is 1.74. The van der Waals surface area contributed by atoms with Gasteiger partial charge >= 0.3 is 18.9 Å². The minimum absolute atomic E-state index is 0. The molecule has 0 aliphatic carbocycles. The van der Waals surface area contributed by atoms with Crippen LogP contribution in [0.5, 0.6) is 17.2 Å². The van der Waals surface area contributed by atoms with Gasteiger partial charge in [0.15, 0.2) is 21.8 Å². The van der Waals surface area contributed by atoms with Crippen LogP contribution in [0.4, 0.5) is 21.6 Å². The number of thiazole rings is 2. The molecule has 2 heterocycles. The fourth-order valence-corrected chi connectivity index (χ4v) is 8.48. The van der Waals surface area contributed by atoms with Crippen molar-refractivity contribution < 1.29 is 53.6 Å². The van der Waals surface area contributed by atoms with Crippen LogP contribution in [0.15, 0.2) is 72.8 Å². The monoisotopic (exact) mass is 910 g/mol. The molecule has 11 nitrogen and oxygen atoms in total. The van der Waals surface area contributed by atoms with Crippen LogP contribution in [0.2, 0.25) is 20.1 Å². The Labute approximate surface area is 382 Å². The Morgan fingerprint density at radius 2 is 1.14 bits per heavy atom. The number of phenols is 2. The number of nitrogens with one attached hydrogen (secondary N) is 2. The fraction of sp³-hybridized carbons (Fsp3) is 0.220. The van der Waals surface area contributed by atoms with Crippen molar-refractivity contribution in [1.82, 2.24) is 9.97 Å². The predicted molar refractivity (Wildman–Crippen MR) is 234 cm³/mol. The number of nitrogens with zero attached hydrogens (tertiary/aromatic N) is 2. The molecule has 0 unspecified atom stereocenters. The first-order valence-electron chi connectivity index (χ1n) is 17.5. The number of aromatic nitrogens is 2. The average molecular weight is 913 g/mol. The summed E-state index contributed by atoms with van der Waals surface area (Å²) in [5.74, 6) is 0.938. The maximum Gasteiger partial charge on any atom is 1.00 e. The summed E-state index contributed by atoms with van der Waals surface area (Å²) >= 11 is 27.6. The number of hydrogen-bond acceptors (Lipinski definition) is 13. The predicted octanol–water partition coefficient (Wildman–Crippen LogP) is 9.56. The van der Waals surface area contributed by atoms with Crippen molar-refractivity contribution in [2.45, 2.75) is 47.1 Å². The van der Waals surface area contributed by atoms with E-state index in [0.29, 0.717) is 54.8 Å². The van der Waals surface area contributed by atoms with E-state index in [2.05, 4.69) is 38.3 Å². The molecule has 18 heteroatoms. The maximum atomic E-state index is 10.6. The molecule has 0 fully saturated rings. The zero-order valence-electron chi connectivity index (χ0n) is 32.6. The number of benzene rings is 4. The van der Waals surface area contributed by atoms with E-state index in [1.807, 2.05) is 24.3 Å². The first-order valence-corrected chi connectivity index (χ1v) is 20.6. The molecule has 0 atom stereocenters. The van der Waals surface area contributed by atoms with E-state index in [0.717, 1.165) is 55.9 Å². The molecule has 0 amide bonds. The molecule has 0 aliphatic rings. The number of hydrogen-bond donors (Lipinski definition) is 4. The van der Waals surface area contributed by atoms with Gasteiger partial charge < -0.3 is 35.8 Å². The largest absolute Gasteiger partial charge is 1.00 e. The van der Waals surface area contributed by atoms with Crippen molar-refractivity contribution in [3.05, 3.63) is 108 Å². The second-order valence-electron chi connectivity index (χ2n) is 13.4. The van der Waals surface area contributed by atoms with Gasteiger partial charge in [0, 0.05) is 43.9 Å². The number of anilines is 4. The van der Waals surface area contributed by atoms with Gasteiger partial charge in [0.25, 0.3) is 12.9 Å². The first-order chi connectivity index (χ1) is 27.2. The van der Waals surface area contributed by atoms with Crippen molar-refractivity contribution in [3.63, 3.8) is 0 Å². The first kappa shape index (κ1) is 49.4. The van der Waals surface area contributed by atoms with Crippen LogP contribution in [-0.4, -0.2) is 38.6 Å². The van der Waals surface area contributed by atoms with E-state index in [9.17, 15) is 19.8 Å². The van der Waals surface area contributed by atoms with Gasteiger partial charge in [0.2, 0.25) is 0 Å². The number of halogens is 4. The summed E-state index contributed by atoms with van der Waals surface area (Å²) in [5.41, 5.74) is 5.40. The third-order valence-electron chi connectivity index (χ3n) is 7.99. The quantitative estimate of drug-likeness (QED) is 0.0439. The number of carbonyl (C=O) groups is 2. The van der Waals surface area contributed by atoms with E-state index in [-0.39, 0.29) is 54.7 Å². The summed E-state index contributed by atoms with van der Waals surface area (Å²) in [6, 6.07) is 20.6. The van der Waals surface area contributed by atoms with Crippen molar-refractivity contribution in [2.24, 2.45) is 11.8 Å². The summed E-state index contributed by atoms with van der Waals surface area (Å²) < 4.78 is 9.52.